The Hall–Kier alpha value is -0.123. The third kappa shape index (κ3) is 19.9. The number of unbranched alkanes of at least 4 members (excludes halogenated alkanes) is 3. The van der Waals surface area contributed by atoms with Crippen LogP contribution in [-0.2, 0) is 23.6 Å². The highest BCUT2D eigenvalue weighted by atomic mass is 31.2. The smallest absolute Gasteiger partial charge is 0.328 e. The fourth-order valence-electron chi connectivity index (χ4n) is 2.07. The van der Waals surface area contributed by atoms with Crippen LogP contribution in [-0.4, -0.2) is 56.1 Å². The van der Waals surface area contributed by atoms with E-state index in [1.54, 1.807) is 0 Å². The minimum atomic E-state index is -4.64. The molecule has 0 bridgehead atoms. The predicted octanol–water partition coefficient (Wildman–Crippen LogP) is 1.05. The van der Waals surface area contributed by atoms with Gasteiger partial charge in [0.15, 0.2) is 0 Å². The standard InChI is InChI=1S/C14H30O4Si.H3O4P/c1-4-16-14(17-5-2,18-6-3)12-10-8-7-9-11-13(15)19;1-5(2,3)4/h4-12H2,1-3,19H3;(H3,1,2,3,4). The van der Waals surface area contributed by atoms with Gasteiger partial charge in [0.05, 0.1) is 10.2 Å². The van der Waals surface area contributed by atoms with Crippen LogP contribution in [0.5, 0.6) is 0 Å². The zero-order valence-corrected chi connectivity index (χ0v) is 18.1. The summed E-state index contributed by atoms with van der Waals surface area (Å²) in [5.74, 6) is -0.869. The third-order valence-corrected chi connectivity index (χ3v) is 3.35. The summed E-state index contributed by atoms with van der Waals surface area (Å²) < 4.78 is 25.9. The number of phosphoric acid groups is 1. The molecule has 8 nitrogen and oxygen atoms in total. The van der Waals surface area contributed by atoms with Crippen molar-refractivity contribution in [2.75, 3.05) is 19.8 Å². The van der Waals surface area contributed by atoms with Crippen molar-refractivity contribution in [2.24, 2.45) is 0 Å². The molecule has 146 valence electrons. The summed E-state index contributed by atoms with van der Waals surface area (Å²) in [7, 11) is -3.95. The number of hydrogen-bond donors (Lipinski definition) is 3. The van der Waals surface area contributed by atoms with Gasteiger partial charge in [0.1, 0.15) is 5.41 Å². The zero-order valence-electron chi connectivity index (χ0n) is 15.2. The van der Waals surface area contributed by atoms with Crippen molar-refractivity contribution < 1.29 is 38.3 Å². The topological polar surface area (TPSA) is 123 Å². The van der Waals surface area contributed by atoms with Crippen molar-refractivity contribution in [3.05, 3.63) is 0 Å². The largest absolute Gasteiger partial charge is 0.466 e. The fourth-order valence-corrected chi connectivity index (χ4v) is 2.42. The molecule has 0 spiro atoms. The van der Waals surface area contributed by atoms with E-state index in [4.69, 9.17) is 33.5 Å². The highest BCUT2D eigenvalue weighted by molar-refractivity contribution is 7.45. The van der Waals surface area contributed by atoms with Crippen LogP contribution < -0.4 is 0 Å². The molecule has 0 aromatic rings. The first-order valence-corrected chi connectivity index (χ1v) is 10.9. The molecule has 0 aromatic carbocycles. The number of ether oxygens (including phenoxy) is 3. The Morgan fingerprint density at radius 2 is 1.29 bits per heavy atom. The van der Waals surface area contributed by atoms with Crippen LogP contribution in [0.15, 0.2) is 0 Å². The van der Waals surface area contributed by atoms with Gasteiger partial charge < -0.3 is 33.7 Å². The molecule has 0 aliphatic carbocycles. The lowest BCUT2D eigenvalue weighted by atomic mass is 10.1. The highest BCUT2D eigenvalue weighted by Crippen LogP contribution is 2.26. The second-order valence-electron chi connectivity index (χ2n) is 5.11. The summed E-state index contributed by atoms with van der Waals surface area (Å²) in [5, 5.41) is 0.410. The van der Waals surface area contributed by atoms with E-state index in [0.717, 1.165) is 38.5 Å². The molecule has 0 heterocycles. The van der Waals surface area contributed by atoms with Gasteiger partial charge in [-0.3, -0.25) is 0 Å². The first kappa shape index (κ1) is 26.1. The van der Waals surface area contributed by atoms with Gasteiger partial charge in [0.25, 0.3) is 5.97 Å². The fraction of sp³-hybridized carbons (Fsp3) is 0.929. The van der Waals surface area contributed by atoms with Crippen LogP contribution in [0.4, 0.5) is 0 Å². The van der Waals surface area contributed by atoms with Gasteiger partial charge in [0, 0.05) is 32.7 Å². The molecule has 0 radical (unpaired) electrons. The quantitative estimate of drug-likeness (QED) is 0.185. The number of rotatable bonds is 13. The summed E-state index contributed by atoms with van der Waals surface area (Å²) in [6.45, 7) is 7.58. The van der Waals surface area contributed by atoms with Gasteiger partial charge in [-0.15, -0.1) is 0 Å². The monoisotopic (exact) mass is 388 g/mol. The maximum atomic E-state index is 10.9. The predicted molar refractivity (Wildman–Crippen MR) is 94.5 cm³/mol. The summed E-state index contributed by atoms with van der Waals surface area (Å²) in [6.07, 6.45) is 5.68. The molecule has 0 rings (SSSR count). The number of carbonyl (C=O) groups excluding carboxylic acids is 1. The Morgan fingerprint density at radius 1 is 0.917 bits per heavy atom. The first-order valence-electron chi connectivity index (χ1n) is 8.29. The maximum Gasteiger partial charge on any atom is 0.466 e. The van der Waals surface area contributed by atoms with Crippen molar-refractivity contribution in [2.45, 2.75) is 65.3 Å². The minimum Gasteiger partial charge on any atom is -0.328 e. The van der Waals surface area contributed by atoms with Gasteiger partial charge in [-0.25, -0.2) is 4.57 Å². The summed E-state index contributed by atoms with van der Waals surface area (Å²) in [5.41, 5.74) is 0. The molecule has 0 aliphatic heterocycles. The lowest BCUT2D eigenvalue weighted by Gasteiger charge is -2.32. The van der Waals surface area contributed by atoms with E-state index in [0.29, 0.717) is 35.5 Å². The third-order valence-electron chi connectivity index (χ3n) is 2.85. The van der Waals surface area contributed by atoms with Crippen LogP contribution in [0.25, 0.3) is 0 Å². The van der Waals surface area contributed by atoms with Crippen molar-refractivity contribution >= 4 is 23.5 Å². The second-order valence-corrected chi connectivity index (χ2v) is 7.25. The normalized spacial score (nSPS) is 11.9. The number of carbonyl (C=O) groups is 1. The van der Waals surface area contributed by atoms with Crippen LogP contribution in [0.2, 0.25) is 0 Å². The van der Waals surface area contributed by atoms with E-state index in [2.05, 4.69) is 0 Å². The average molecular weight is 388 g/mol. The Bertz CT molecular complexity index is 335. The van der Waals surface area contributed by atoms with E-state index in [-0.39, 0.29) is 0 Å². The molecule has 0 fully saturated rings. The molecule has 24 heavy (non-hydrogen) atoms. The van der Waals surface area contributed by atoms with E-state index in [9.17, 15) is 4.79 Å². The zero-order chi connectivity index (χ0) is 19.1. The Balaban J connectivity index is 0. The molecule has 0 saturated carbocycles. The summed E-state index contributed by atoms with van der Waals surface area (Å²) >= 11 is 0. The van der Waals surface area contributed by atoms with Gasteiger partial charge in [-0.05, 0) is 33.6 Å². The van der Waals surface area contributed by atoms with Crippen LogP contribution in [0.3, 0.4) is 0 Å². The van der Waals surface area contributed by atoms with E-state index >= 15 is 0 Å². The molecule has 0 atom stereocenters. The Labute approximate surface area is 147 Å². The second kappa shape index (κ2) is 15.2. The molecule has 10 heteroatoms. The van der Waals surface area contributed by atoms with Crippen LogP contribution in [0, 0.1) is 0 Å². The van der Waals surface area contributed by atoms with Gasteiger partial charge in [0.2, 0.25) is 0 Å². The Morgan fingerprint density at radius 3 is 1.62 bits per heavy atom. The number of hydrogen-bond acceptors (Lipinski definition) is 5. The van der Waals surface area contributed by atoms with Gasteiger partial charge >= 0.3 is 7.82 Å². The molecular weight excluding hydrogens is 355 g/mol. The SMILES string of the molecule is CCOC(CCCCCCC(=O)[SiH3])(OCC)OCC.O=P(O)(O)O. The van der Waals surface area contributed by atoms with Crippen molar-refractivity contribution in [3.8, 4) is 0 Å². The molecule has 0 amide bonds. The van der Waals surface area contributed by atoms with Crippen molar-refractivity contribution in [3.63, 3.8) is 0 Å². The van der Waals surface area contributed by atoms with Gasteiger partial charge in [-0.1, -0.05) is 12.8 Å². The molecule has 0 aliphatic rings. The lowest BCUT2D eigenvalue weighted by molar-refractivity contribution is -0.380. The van der Waals surface area contributed by atoms with Crippen LogP contribution >= 0.6 is 7.82 Å². The minimum absolute atomic E-state index is 0.410. The summed E-state index contributed by atoms with van der Waals surface area (Å²) in [6, 6.07) is 0. The Kier molecular flexibility index (Phi) is 16.5. The van der Waals surface area contributed by atoms with Crippen molar-refractivity contribution in [1.82, 2.24) is 0 Å². The average Bonchev–Trinajstić information content (AvgIpc) is 2.41. The molecule has 0 saturated heterocycles. The highest BCUT2D eigenvalue weighted by Gasteiger charge is 2.31. The lowest BCUT2D eigenvalue weighted by Crippen LogP contribution is -2.39. The summed E-state index contributed by atoms with van der Waals surface area (Å²) in [4.78, 5) is 32.5. The van der Waals surface area contributed by atoms with Crippen LogP contribution in [0.1, 0.15) is 59.3 Å². The van der Waals surface area contributed by atoms with E-state index in [1.807, 2.05) is 20.8 Å². The van der Waals surface area contributed by atoms with E-state index < -0.39 is 13.8 Å². The first-order chi connectivity index (χ1) is 11.1. The maximum absolute atomic E-state index is 10.9. The van der Waals surface area contributed by atoms with Crippen molar-refractivity contribution in [1.29, 1.82) is 0 Å². The molecule has 3 N–H and O–H groups in total. The molecular formula is C14H33O8PSi. The van der Waals surface area contributed by atoms with E-state index in [1.165, 1.54) is 0 Å². The molecule has 0 unspecified atom stereocenters. The molecule has 0 aromatic heterocycles. The van der Waals surface area contributed by atoms with Gasteiger partial charge in [-0.2, -0.15) is 0 Å².